The molecule has 0 saturated heterocycles. The van der Waals surface area contributed by atoms with Crippen molar-refractivity contribution < 1.29 is 0 Å². The Kier molecular flexibility index (Phi) is 4.58. The zero-order valence-electron chi connectivity index (χ0n) is 12.9. The summed E-state index contributed by atoms with van der Waals surface area (Å²) in [6, 6.07) is 4.54. The number of nitrogens with one attached hydrogen (secondary N) is 1. The largest absolute Gasteiger partial charge is 0.271 e. The van der Waals surface area contributed by atoms with E-state index in [0.29, 0.717) is 0 Å². The number of hydrogen-bond acceptors (Lipinski definition) is 4. The summed E-state index contributed by atoms with van der Waals surface area (Å²) in [5.41, 5.74) is 9.25. The Labute approximate surface area is 125 Å². The van der Waals surface area contributed by atoms with Crippen LogP contribution in [0.25, 0.3) is 0 Å². The van der Waals surface area contributed by atoms with Crippen molar-refractivity contribution in [3.63, 3.8) is 0 Å². The van der Waals surface area contributed by atoms with E-state index in [4.69, 9.17) is 5.84 Å². The normalized spacial score (nSPS) is 12.7. The zero-order valence-corrected chi connectivity index (χ0v) is 13.7. The number of benzene rings is 1. The lowest BCUT2D eigenvalue weighted by Gasteiger charge is -2.20. The highest BCUT2D eigenvalue weighted by Gasteiger charge is 2.18. The SMILES string of the molecule is Cc1cc(C)c(C(Cc2nc(C)c(C)s2)NN)c(C)c1. The highest BCUT2D eigenvalue weighted by Crippen LogP contribution is 2.28. The minimum absolute atomic E-state index is 0.112. The van der Waals surface area contributed by atoms with E-state index in [1.807, 2.05) is 0 Å². The smallest absolute Gasteiger partial charge is 0.0950 e. The average molecular weight is 289 g/mol. The fraction of sp³-hybridized carbons (Fsp3) is 0.438. The molecular formula is C16H23N3S. The summed E-state index contributed by atoms with van der Waals surface area (Å²) < 4.78 is 0. The Morgan fingerprint density at radius 2 is 1.75 bits per heavy atom. The van der Waals surface area contributed by atoms with Crippen molar-refractivity contribution in [2.75, 3.05) is 0 Å². The van der Waals surface area contributed by atoms with Crippen LogP contribution < -0.4 is 11.3 Å². The van der Waals surface area contributed by atoms with Crippen molar-refractivity contribution in [2.45, 2.75) is 47.1 Å². The summed E-state index contributed by atoms with van der Waals surface area (Å²) in [6.45, 7) is 10.6. The van der Waals surface area contributed by atoms with Crippen LogP contribution in [-0.2, 0) is 6.42 Å². The molecule has 1 unspecified atom stereocenters. The van der Waals surface area contributed by atoms with Crippen LogP contribution >= 0.6 is 11.3 Å². The molecule has 1 aromatic carbocycles. The van der Waals surface area contributed by atoms with E-state index in [-0.39, 0.29) is 6.04 Å². The molecule has 2 aromatic rings. The quantitative estimate of drug-likeness (QED) is 0.669. The van der Waals surface area contributed by atoms with Crippen LogP contribution in [-0.4, -0.2) is 4.98 Å². The number of aryl methyl sites for hydroxylation is 5. The van der Waals surface area contributed by atoms with E-state index in [9.17, 15) is 0 Å². The number of rotatable bonds is 4. The van der Waals surface area contributed by atoms with E-state index in [1.165, 1.54) is 27.1 Å². The lowest BCUT2D eigenvalue weighted by atomic mass is 9.93. The molecular weight excluding hydrogens is 266 g/mol. The molecule has 0 spiro atoms. The molecule has 0 aliphatic rings. The molecule has 1 heterocycles. The molecule has 0 aliphatic heterocycles. The molecule has 20 heavy (non-hydrogen) atoms. The molecule has 108 valence electrons. The van der Waals surface area contributed by atoms with Crippen molar-refractivity contribution in [3.8, 4) is 0 Å². The van der Waals surface area contributed by atoms with Gasteiger partial charge in [-0.25, -0.2) is 4.98 Å². The number of hydrogen-bond donors (Lipinski definition) is 2. The first-order valence-electron chi connectivity index (χ1n) is 6.89. The second-order valence-electron chi connectivity index (χ2n) is 5.48. The number of nitrogens with two attached hydrogens (primary N) is 1. The fourth-order valence-corrected chi connectivity index (χ4v) is 3.77. The van der Waals surface area contributed by atoms with Crippen molar-refractivity contribution in [1.29, 1.82) is 0 Å². The third kappa shape index (κ3) is 3.08. The van der Waals surface area contributed by atoms with Gasteiger partial charge in [-0.1, -0.05) is 17.7 Å². The van der Waals surface area contributed by atoms with Crippen LogP contribution in [0.5, 0.6) is 0 Å². The third-order valence-electron chi connectivity index (χ3n) is 3.74. The Morgan fingerprint density at radius 3 is 2.20 bits per heavy atom. The summed E-state index contributed by atoms with van der Waals surface area (Å²) in [5.74, 6) is 5.80. The van der Waals surface area contributed by atoms with Gasteiger partial charge in [-0.2, -0.15) is 0 Å². The minimum Gasteiger partial charge on any atom is -0.271 e. The molecule has 0 saturated carbocycles. The Bertz CT molecular complexity index is 574. The lowest BCUT2D eigenvalue weighted by molar-refractivity contribution is 0.545. The number of aromatic nitrogens is 1. The zero-order chi connectivity index (χ0) is 14.9. The highest BCUT2D eigenvalue weighted by atomic mass is 32.1. The topological polar surface area (TPSA) is 50.9 Å². The first kappa shape index (κ1) is 15.2. The molecule has 0 radical (unpaired) electrons. The third-order valence-corrected chi connectivity index (χ3v) is 4.83. The van der Waals surface area contributed by atoms with E-state index in [0.717, 1.165) is 17.1 Å². The van der Waals surface area contributed by atoms with Gasteiger partial charge in [0.1, 0.15) is 0 Å². The highest BCUT2D eigenvalue weighted by molar-refractivity contribution is 7.11. The average Bonchev–Trinajstić information content (AvgIpc) is 2.65. The monoisotopic (exact) mass is 289 g/mol. The molecule has 1 atom stereocenters. The second kappa shape index (κ2) is 6.04. The first-order valence-corrected chi connectivity index (χ1v) is 7.70. The van der Waals surface area contributed by atoms with Gasteiger partial charge < -0.3 is 0 Å². The predicted octanol–water partition coefficient (Wildman–Crippen LogP) is 3.43. The molecule has 0 amide bonds. The van der Waals surface area contributed by atoms with E-state index in [1.54, 1.807) is 11.3 Å². The van der Waals surface area contributed by atoms with Gasteiger partial charge >= 0.3 is 0 Å². The summed E-state index contributed by atoms with van der Waals surface area (Å²) in [4.78, 5) is 5.91. The predicted molar refractivity (Wildman–Crippen MR) is 86.0 cm³/mol. The Hall–Kier alpha value is -1.23. The summed E-state index contributed by atoms with van der Waals surface area (Å²) >= 11 is 1.76. The first-order chi connectivity index (χ1) is 9.42. The second-order valence-corrected chi connectivity index (χ2v) is 6.77. The van der Waals surface area contributed by atoms with Gasteiger partial charge in [0, 0.05) is 11.3 Å². The molecule has 3 nitrogen and oxygen atoms in total. The Balaban J connectivity index is 2.33. The maximum atomic E-state index is 5.80. The number of nitrogens with zero attached hydrogens (tertiary/aromatic N) is 1. The molecule has 0 fully saturated rings. The van der Waals surface area contributed by atoms with Crippen LogP contribution in [0, 0.1) is 34.6 Å². The standard InChI is InChI=1S/C16H23N3S/c1-9-6-10(2)16(11(3)7-9)14(19-17)8-15-18-12(4)13(5)20-15/h6-7,14,19H,8,17H2,1-5H3. The van der Waals surface area contributed by atoms with Gasteiger partial charge in [-0.05, 0) is 51.3 Å². The summed E-state index contributed by atoms with van der Waals surface area (Å²) in [6.07, 6.45) is 0.834. The molecule has 1 aromatic heterocycles. The van der Waals surface area contributed by atoms with Crippen molar-refractivity contribution in [2.24, 2.45) is 5.84 Å². The molecule has 2 rings (SSSR count). The van der Waals surface area contributed by atoms with Crippen LogP contribution in [0.15, 0.2) is 12.1 Å². The van der Waals surface area contributed by atoms with Gasteiger partial charge in [0.05, 0.1) is 16.7 Å². The fourth-order valence-electron chi connectivity index (χ4n) is 2.79. The van der Waals surface area contributed by atoms with Gasteiger partial charge in [-0.3, -0.25) is 11.3 Å². The Morgan fingerprint density at radius 1 is 1.15 bits per heavy atom. The van der Waals surface area contributed by atoms with Gasteiger partial charge in [0.15, 0.2) is 0 Å². The van der Waals surface area contributed by atoms with Crippen LogP contribution in [0.1, 0.15) is 43.9 Å². The molecule has 4 heteroatoms. The van der Waals surface area contributed by atoms with Gasteiger partial charge in [-0.15, -0.1) is 11.3 Å². The maximum Gasteiger partial charge on any atom is 0.0950 e. The summed E-state index contributed by atoms with van der Waals surface area (Å²) in [5, 5.41) is 1.14. The van der Waals surface area contributed by atoms with E-state index >= 15 is 0 Å². The van der Waals surface area contributed by atoms with Gasteiger partial charge in [0.2, 0.25) is 0 Å². The number of hydrazine groups is 1. The lowest BCUT2D eigenvalue weighted by Crippen LogP contribution is -2.30. The molecule has 0 aliphatic carbocycles. The number of thiazole rings is 1. The van der Waals surface area contributed by atoms with Crippen molar-refractivity contribution >= 4 is 11.3 Å². The summed E-state index contributed by atoms with van der Waals surface area (Å²) in [7, 11) is 0. The molecule has 3 N–H and O–H groups in total. The van der Waals surface area contributed by atoms with E-state index in [2.05, 4.69) is 57.2 Å². The molecule has 0 bridgehead atoms. The van der Waals surface area contributed by atoms with Gasteiger partial charge in [0.25, 0.3) is 0 Å². The minimum atomic E-state index is 0.112. The van der Waals surface area contributed by atoms with Crippen molar-refractivity contribution in [1.82, 2.24) is 10.4 Å². The van der Waals surface area contributed by atoms with Crippen LogP contribution in [0.2, 0.25) is 0 Å². The van der Waals surface area contributed by atoms with Crippen LogP contribution in [0.4, 0.5) is 0 Å². The van der Waals surface area contributed by atoms with Crippen LogP contribution in [0.3, 0.4) is 0 Å². The maximum absolute atomic E-state index is 5.80. The van der Waals surface area contributed by atoms with Crippen molar-refractivity contribution in [3.05, 3.63) is 50.0 Å². The van der Waals surface area contributed by atoms with E-state index < -0.39 is 0 Å².